The van der Waals surface area contributed by atoms with Crippen molar-refractivity contribution in [2.45, 2.75) is 32.5 Å². The first kappa shape index (κ1) is 17.1. The summed E-state index contributed by atoms with van der Waals surface area (Å²) < 4.78 is 10.7. The maximum absolute atomic E-state index is 13.2. The van der Waals surface area contributed by atoms with E-state index in [1.807, 2.05) is 19.9 Å². The smallest absolute Gasteiger partial charge is 0.280 e. The van der Waals surface area contributed by atoms with Gasteiger partial charge in [0.15, 0.2) is 11.5 Å². The summed E-state index contributed by atoms with van der Waals surface area (Å²) >= 11 is 0. The van der Waals surface area contributed by atoms with Crippen molar-refractivity contribution in [1.82, 2.24) is 4.90 Å². The Morgan fingerprint density at radius 2 is 2.00 bits per heavy atom. The van der Waals surface area contributed by atoms with Crippen molar-refractivity contribution >= 4 is 17.3 Å². The maximum Gasteiger partial charge on any atom is 0.280 e. The molecule has 4 rings (SSSR count). The number of carbonyl (C=O) groups excluding carboxylic acids is 1. The molecule has 1 N–H and O–H groups in total. The van der Waals surface area contributed by atoms with Crippen LogP contribution < -0.4 is 14.8 Å². The van der Waals surface area contributed by atoms with Crippen molar-refractivity contribution in [3.63, 3.8) is 0 Å². The Hall–Kier alpha value is -3.29. The minimum absolute atomic E-state index is 0.0187. The molecule has 0 spiro atoms. The monoisotopic (exact) mass is 369 g/mol. The first-order valence-electron chi connectivity index (χ1n) is 8.77. The number of fused-ring (bicyclic) bond motifs is 2. The Kier molecular flexibility index (Phi) is 4.10. The number of nitro benzene ring substituents is 1. The van der Waals surface area contributed by atoms with Gasteiger partial charge in [-0.1, -0.05) is 19.1 Å². The second-order valence-electron chi connectivity index (χ2n) is 6.58. The van der Waals surface area contributed by atoms with Gasteiger partial charge < -0.3 is 19.7 Å². The van der Waals surface area contributed by atoms with Gasteiger partial charge in [-0.25, -0.2) is 0 Å². The number of carbonyl (C=O) groups is 1. The van der Waals surface area contributed by atoms with Crippen LogP contribution in [0.3, 0.4) is 0 Å². The SMILES string of the molecule is CC[C@H](C)N1C(=O)c2ccccc2N[C@@H]1c1cc2c(cc1[N+](=O)[O-])OCO2. The van der Waals surface area contributed by atoms with Crippen LogP contribution in [0.4, 0.5) is 11.4 Å². The fraction of sp³-hybridized carbons (Fsp3) is 0.316. The molecule has 2 atom stereocenters. The topological polar surface area (TPSA) is 93.9 Å². The summed E-state index contributed by atoms with van der Waals surface area (Å²) in [6.45, 7) is 3.92. The molecule has 0 aromatic heterocycles. The number of anilines is 1. The van der Waals surface area contributed by atoms with E-state index in [0.29, 0.717) is 34.7 Å². The Balaban J connectivity index is 1.89. The van der Waals surface area contributed by atoms with E-state index in [1.54, 1.807) is 29.2 Å². The van der Waals surface area contributed by atoms with Crippen molar-refractivity contribution < 1.29 is 19.2 Å². The second-order valence-corrected chi connectivity index (χ2v) is 6.58. The molecule has 2 aliphatic heterocycles. The van der Waals surface area contributed by atoms with Crippen LogP contribution in [-0.4, -0.2) is 28.6 Å². The van der Waals surface area contributed by atoms with Crippen LogP contribution in [0.1, 0.15) is 42.4 Å². The molecule has 1 amide bonds. The average molecular weight is 369 g/mol. The predicted octanol–water partition coefficient (Wildman–Crippen LogP) is 3.69. The lowest BCUT2D eigenvalue weighted by Gasteiger charge is -2.41. The van der Waals surface area contributed by atoms with Gasteiger partial charge in [-0.05, 0) is 31.5 Å². The number of amides is 1. The molecule has 8 nitrogen and oxygen atoms in total. The lowest BCUT2D eigenvalue weighted by molar-refractivity contribution is -0.385. The fourth-order valence-corrected chi connectivity index (χ4v) is 3.47. The van der Waals surface area contributed by atoms with E-state index in [1.165, 1.54) is 6.07 Å². The highest BCUT2D eigenvalue weighted by Crippen LogP contribution is 2.44. The minimum atomic E-state index is -0.683. The van der Waals surface area contributed by atoms with E-state index in [9.17, 15) is 14.9 Å². The summed E-state index contributed by atoms with van der Waals surface area (Å²) in [6, 6.07) is 10.0. The molecule has 0 aliphatic carbocycles. The fourth-order valence-electron chi connectivity index (χ4n) is 3.47. The summed E-state index contributed by atoms with van der Waals surface area (Å²) in [6.07, 6.45) is 0.0296. The van der Waals surface area contributed by atoms with Crippen LogP contribution in [0.25, 0.3) is 0 Å². The van der Waals surface area contributed by atoms with Crippen LogP contribution >= 0.6 is 0 Å². The van der Waals surface area contributed by atoms with Crippen molar-refractivity contribution in [2.75, 3.05) is 12.1 Å². The summed E-state index contributed by atoms with van der Waals surface area (Å²) in [4.78, 5) is 26.1. The van der Waals surface area contributed by atoms with E-state index in [2.05, 4.69) is 5.32 Å². The van der Waals surface area contributed by atoms with E-state index in [-0.39, 0.29) is 24.4 Å². The highest BCUT2D eigenvalue weighted by atomic mass is 16.7. The zero-order chi connectivity index (χ0) is 19.1. The molecule has 140 valence electrons. The third kappa shape index (κ3) is 2.73. The molecule has 0 fully saturated rings. The zero-order valence-corrected chi connectivity index (χ0v) is 15.0. The van der Waals surface area contributed by atoms with Gasteiger partial charge in [-0.2, -0.15) is 0 Å². The second kappa shape index (κ2) is 6.46. The van der Waals surface area contributed by atoms with Gasteiger partial charge in [0, 0.05) is 11.7 Å². The van der Waals surface area contributed by atoms with Crippen LogP contribution in [0.5, 0.6) is 11.5 Å². The number of hydrogen-bond acceptors (Lipinski definition) is 6. The number of nitrogens with zero attached hydrogens (tertiary/aromatic N) is 2. The molecule has 2 aromatic rings. The Morgan fingerprint density at radius 1 is 1.30 bits per heavy atom. The third-order valence-electron chi connectivity index (χ3n) is 5.04. The van der Waals surface area contributed by atoms with E-state index in [4.69, 9.17) is 9.47 Å². The molecule has 0 radical (unpaired) electrons. The molecule has 0 bridgehead atoms. The van der Waals surface area contributed by atoms with E-state index < -0.39 is 11.1 Å². The molecule has 2 heterocycles. The first-order chi connectivity index (χ1) is 13.0. The van der Waals surface area contributed by atoms with Crippen molar-refractivity contribution in [1.29, 1.82) is 0 Å². The lowest BCUT2D eigenvalue weighted by Crippen LogP contribution is -2.47. The highest BCUT2D eigenvalue weighted by molar-refractivity contribution is 6.02. The minimum Gasteiger partial charge on any atom is -0.454 e. The van der Waals surface area contributed by atoms with Gasteiger partial charge in [-0.15, -0.1) is 0 Å². The summed E-state index contributed by atoms with van der Waals surface area (Å²) in [5, 5.41) is 15.0. The Bertz CT molecular complexity index is 930. The molecule has 0 saturated heterocycles. The standard InChI is InChI=1S/C19H19N3O5/c1-3-11(2)21-18(20-14-7-5-4-6-12(14)19(21)23)13-8-16-17(27-10-26-16)9-15(13)22(24)25/h4-9,11,18,20H,3,10H2,1-2H3/t11-,18-/m0/s1. The molecular weight excluding hydrogens is 350 g/mol. The third-order valence-corrected chi connectivity index (χ3v) is 5.04. The normalized spacial score (nSPS) is 18.7. The van der Waals surface area contributed by atoms with Crippen molar-refractivity contribution in [2.24, 2.45) is 0 Å². The molecule has 8 heteroatoms. The van der Waals surface area contributed by atoms with Gasteiger partial charge in [0.2, 0.25) is 6.79 Å². The Labute approximate surface area is 155 Å². The van der Waals surface area contributed by atoms with Crippen molar-refractivity contribution in [3.05, 3.63) is 57.6 Å². The number of ether oxygens (including phenoxy) is 2. The predicted molar refractivity (Wildman–Crippen MR) is 97.9 cm³/mol. The summed E-state index contributed by atoms with van der Waals surface area (Å²) in [7, 11) is 0. The number of rotatable bonds is 4. The van der Waals surface area contributed by atoms with Gasteiger partial charge in [0.25, 0.3) is 11.6 Å². The summed E-state index contributed by atoms with van der Waals surface area (Å²) in [5.41, 5.74) is 1.46. The van der Waals surface area contributed by atoms with Crippen molar-refractivity contribution in [3.8, 4) is 11.5 Å². The van der Waals surface area contributed by atoms with Gasteiger partial charge in [0.05, 0.1) is 22.1 Å². The molecule has 27 heavy (non-hydrogen) atoms. The number of nitrogens with one attached hydrogen (secondary N) is 1. The van der Waals surface area contributed by atoms with Gasteiger partial charge >= 0.3 is 0 Å². The van der Waals surface area contributed by atoms with E-state index >= 15 is 0 Å². The number of nitro groups is 1. The van der Waals surface area contributed by atoms with Crippen LogP contribution in [0.15, 0.2) is 36.4 Å². The Morgan fingerprint density at radius 3 is 2.70 bits per heavy atom. The molecule has 0 unspecified atom stereocenters. The quantitative estimate of drug-likeness (QED) is 0.652. The van der Waals surface area contributed by atoms with Crippen LogP contribution in [-0.2, 0) is 0 Å². The maximum atomic E-state index is 13.2. The zero-order valence-electron chi connectivity index (χ0n) is 15.0. The van der Waals surface area contributed by atoms with Crippen LogP contribution in [0.2, 0.25) is 0 Å². The first-order valence-corrected chi connectivity index (χ1v) is 8.77. The molecule has 0 saturated carbocycles. The highest BCUT2D eigenvalue weighted by Gasteiger charge is 2.39. The molecule has 2 aromatic carbocycles. The lowest BCUT2D eigenvalue weighted by atomic mass is 9.99. The van der Waals surface area contributed by atoms with E-state index in [0.717, 1.165) is 0 Å². The van der Waals surface area contributed by atoms with Gasteiger partial charge in [-0.3, -0.25) is 14.9 Å². The number of hydrogen-bond donors (Lipinski definition) is 1. The van der Waals surface area contributed by atoms with Crippen LogP contribution in [0, 0.1) is 10.1 Å². The molecular formula is C19H19N3O5. The largest absolute Gasteiger partial charge is 0.454 e. The average Bonchev–Trinajstić information content (AvgIpc) is 3.14. The van der Waals surface area contributed by atoms with Gasteiger partial charge in [0.1, 0.15) is 6.17 Å². The number of para-hydroxylation sites is 1. The molecule has 2 aliphatic rings. The number of benzene rings is 2. The summed E-state index contributed by atoms with van der Waals surface area (Å²) in [5.74, 6) is 0.617.